The molecule has 1 aromatic heterocycles. The van der Waals surface area contributed by atoms with Crippen molar-refractivity contribution in [2.75, 3.05) is 18.5 Å². The van der Waals surface area contributed by atoms with Crippen molar-refractivity contribution in [1.29, 1.82) is 0 Å². The lowest BCUT2D eigenvalue weighted by atomic mass is 10.4. The molecule has 0 atom stereocenters. The van der Waals surface area contributed by atoms with Gasteiger partial charge in [-0.1, -0.05) is 6.07 Å². The summed E-state index contributed by atoms with van der Waals surface area (Å²) in [6.45, 7) is 0.170. The van der Waals surface area contributed by atoms with Gasteiger partial charge in [0.25, 0.3) is 0 Å². The van der Waals surface area contributed by atoms with Crippen LogP contribution in [0, 0.1) is 0 Å². The first-order valence-corrected chi connectivity index (χ1v) is 4.51. The summed E-state index contributed by atoms with van der Waals surface area (Å²) in [5.41, 5.74) is 5.05. The molecule has 2 N–H and O–H groups in total. The van der Waals surface area contributed by atoms with Gasteiger partial charge in [0.1, 0.15) is 10.4 Å². The van der Waals surface area contributed by atoms with Gasteiger partial charge in [0, 0.05) is 7.05 Å². The molecule has 0 aromatic carbocycles. The van der Waals surface area contributed by atoms with Gasteiger partial charge in [-0.05, 0) is 28.1 Å². The fourth-order valence-corrected chi connectivity index (χ4v) is 1.26. The van der Waals surface area contributed by atoms with E-state index in [0.29, 0.717) is 5.82 Å². The molecule has 0 aliphatic rings. The maximum atomic E-state index is 10.6. The Bertz CT molecular complexity index is 316. The first-order chi connectivity index (χ1) is 6.09. The number of hydrogen-bond acceptors (Lipinski definition) is 3. The minimum atomic E-state index is -0.371. The SMILES string of the molecule is CN(CC(N)=O)c1cccc(Br)n1. The third kappa shape index (κ3) is 3.02. The number of carbonyl (C=O) groups excluding carboxylic acids is 1. The summed E-state index contributed by atoms with van der Waals surface area (Å²) in [6.07, 6.45) is 0. The Hall–Kier alpha value is -1.10. The summed E-state index contributed by atoms with van der Waals surface area (Å²) in [7, 11) is 1.76. The molecule has 0 saturated carbocycles. The number of likely N-dealkylation sites (N-methyl/N-ethyl adjacent to an activating group) is 1. The smallest absolute Gasteiger partial charge is 0.236 e. The van der Waals surface area contributed by atoms with Crippen LogP contribution in [0.3, 0.4) is 0 Å². The van der Waals surface area contributed by atoms with Crippen LogP contribution in [-0.2, 0) is 4.79 Å². The normalized spacial score (nSPS) is 9.69. The van der Waals surface area contributed by atoms with Crippen molar-refractivity contribution in [1.82, 2.24) is 4.98 Å². The Morgan fingerprint density at radius 3 is 2.92 bits per heavy atom. The second kappa shape index (κ2) is 4.23. The molecule has 1 rings (SSSR count). The first kappa shape index (κ1) is 9.98. The number of aromatic nitrogens is 1. The van der Waals surface area contributed by atoms with Gasteiger partial charge >= 0.3 is 0 Å². The molecule has 4 nitrogen and oxygen atoms in total. The zero-order valence-corrected chi connectivity index (χ0v) is 8.78. The van der Waals surface area contributed by atoms with Crippen molar-refractivity contribution < 1.29 is 4.79 Å². The van der Waals surface area contributed by atoms with E-state index in [1.807, 2.05) is 18.2 Å². The highest BCUT2D eigenvalue weighted by Gasteiger charge is 2.04. The molecule has 0 unspecified atom stereocenters. The number of hydrogen-bond donors (Lipinski definition) is 1. The minimum absolute atomic E-state index is 0.170. The average molecular weight is 244 g/mol. The predicted molar refractivity (Wildman–Crippen MR) is 54.4 cm³/mol. The average Bonchev–Trinajstić information content (AvgIpc) is 2.03. The van der Waals surface area contributed by atoms with Crippen molar-refractivity contribution >= 4 is 27.7 Å². The second-order valence-corrected chi connectivity index (χ2v) is 3.45. The van der Waals surface area contributed by atoms with Crippen LogP contribution in [-0.4, -0.2) is 24.5 Å². The highest BCUT2D eigenvalue weighted by atomic mass is 79.9. The number of pyridine rings is 1. The molecule has 0 saturated heterocycles. The molecule has 0 spiro atoms. The van der Waals surface area contributed by atoms with Gasteiger partial charge in [-0.15, -0.1) is 0 Å². The van der Waals surface area contributed by atoms with E-state index in [-0.39, 0.29) is 12.5 Å². The van der Waals surface area contributed by atoms with Crippen LogP contribution in [0.25, 0.3) is 0 Å². The van der Waals surface area contributed by atoms with Crippen LogP contribution < -0.4 is 10.6 Å². The zero-order valence-electron chi connectivity index (χ0n) is 7.20. The maximum absolute atomic E-state index is 10.6. The van der Waals surface area contributed by atoms with Crippen LogP contribution in [0.1, 0.15) is 0 Å². The van der Waals surface area contributed by atoms with Crippen LogP contribution in [0.2, 0.25) is 0 Å². The Kier molecular flexibility index (Phi) is 3.25. The molecular weight excluding hydrogens is 234 g/mol. The summed E-state index contributed by atoms with van der Waals surface area (Å²) in [6, 6.07) is 5.49. The van der Waals surface area contributed by atoms with Gasteiger partial charge in [-0.2, -0.15) is 0 Å². The van der Waals surface area contributed by atoms with Gasteiger partial charge in [0.05, 0.1) is 6.54 Å². The van der Waals surface area contributed by atoms with E-state index in [4.69, 9.17) is 5.73 Å². The third-order valence-electron chi connectivity index (χ3n) is 1.48. The Morgan fingerprint density at radius 1 is 1.69 bits per heavy atom. The van der Waals surface area contributed by atoms with Crippen LogP contribution in [0.15, 0.2) is 22.8 Å². The molecule has 0 bridgehead atoms. The molecule has 13 heavy (non-hydrogen) atoms. The summed E-state index contributed by atoms with van der Waals surface area (Å²) < 4.78 is 0.737. The van der Waals surface area contributed by atoms with Crippen LogP contribution in [0.4, 0.5) is 5.82 Å². The molecule has 1 amide bonds. The van der Waals surface area contributed by atoms with Crippen molar-refractivity contribution in [3.8, 4) is 0 Å². The summed E-state index contributed by atoms with van der Waals surface area (Å²) in [4.78, 5) is 16.5. The Labute approximate surface area is 84.9 Å². The van der Waals surface area contributed by atoms with Crippen LogP contribution in [0.5, 0.6) is 0 Å². The molecule has 70 valence electrons. The molecule has 1 aromatic rings. The Balaban J connectivity index is 2.76. The molecule has 0 fully saturated rings. The van der Waals surface area contributed by atoms with Gasteiger partial charge in [-0.3, -0.25) is 4.79 Å². The molecular formula is C8H10BrN3O. The van der Waals surface area contributed by atoms with Crippen molar-refractivity contribution in [3.63, 3.8) is 0 Å². The number of amides is 1. The number of nitrogens with two attached hydrogens (primary N) is 1. The van der Waals surface area contributed by atoms with Gasteiger partial charge in [0.2, 0.25) is 5.91 Å². The van der Waals surface area contributed by atoms with Crippen molar-refractivity contribution in [3.05, 3.63) is 22.8 Å². The van der Waals surface area contributed by atoms with E-state index in [1.165, 1.54) is 0 Å². The Morgan fingerprint density at radius 2 is 2.38 bits per heavy atom. The molecule has 5 heteroatoms. The van der Waals surface area contributed by atoms with E-state index in [0.717, 1.165) is 4.60 Å². The zero-order chi connectivity index (χ0) is 9.84. The van der Waals surface area contributed by atoms with Gasteiger partial charge in [-0.25, -0.2) is 4.98 Å². The largest absolute Gasteiger partial charge is 0.368 e. The molecule has 0 aliphatic heterocycles. The number of nitrogens with zero attached hydrogens (tertiary/aromatic N) is 2. The van der Waals surface area contributed by atoms with E-state index in [1.54, 1.807) is 11.9 Å². The maximum Gasteiger partial charge on any atom is 0.236 e. The van der Waals surface area contributed by atoms with E-state index >= 15 is 0 Å². The van der Waals surface area contributed by atoms with Crippen LogP contribution >= 0.6 is 15.9 Å². The first-order valence-electron chi connectivity index (χ1n) is 3.71. The quantitative estimate of drug-likeness (QED) is 0.799. The topological polar surface area (TPSA) is 59.2 Å². The molecule has 0 aliphatic carbocycles. The summed E-state index contributed by atoms with van der Waals surface area (Å²) in [5, 5.41) is 0. The number of anilines is 1. The lowest BCUT2D eigenvalue weighted by molar-refractivity contribution is -0.116. The fraction of sp³-hybridized carbons (Fsp3) is 0.250. The third-order valence-corrected chi connectivity index (χ3v) is 1.93. The minimum Gasteiger partial charge on any atom is -0.368 e. The molecule has 1 heterocycles. The number of halogens is 1. The number of rotatable bonds is 3. The standard InChI is InChI=1S/C8H10BrN3O/c1-12(5-7(10)13)8-4-2-3-6(9)11-8/h2-4H,5H2,1H3,(H2,10,13). The van der Waals surface area contributed by atoms with Gasteiger partial charge in [0.15, 0.2) is 0 Å². The number of carbonyl (C=O) groups is 1. The van der Waals surface area contributed by atoms with Crippen molar-refractivity contribution in [2.45, 2.75) is 0 Å². The second-order valence-electron chi connectivity index (χ2n) is 2.64. The summed E-state index contributed by atoms with van der Waals surface area (Å²) >= 11 is 3.24. The highest BCUT2D eigenvalue weighted by Crippen LogP contribution is 2.12. The van der Waals surface area contributed by atoms with E-state index in [2.05, 4.69) is 20.9 Å². The number of primary amides is 1. The highest BCUT2D eigenvalue weighted by molar-refractivity contribution is 9.10. The lowest BCUT2D eigenvalue weighted by Crippen LogP contribution is -2.30. The predicted octanol–water partition coefficient (Wildman–Crippen LogP) is 0.766. The molecule has 0 radical (unpaired) electrons. The van der Waals surface area contributed by atoms with Gasteiger partial charge < -0.3 is 10.6 Å². The monoisotopic (exact) mass is 243 g/mol. The lowest BCUT2D eigenvalue weighted by Gasteiger charge is -2.15. The van der Waals surface area contributed by atoms with E-state index < -0.39 is 0 Å². The van der Waals surface area contributed by atoms with Crippen molar-refractivity contribution in [2.24, 2.45) is 5.73 Å². The van der Waals surface area contributed by atoms with E-state index in [9.17, 15) is 4.79 Å². The fourth-order valence-electron chi connectivity index (χ4n) is 0.925. The summed E-state index contributed by atoms with van der Waals surface area (Å²) in [5.74, 6) is 0.345.